The molecule has 0 radical (unpaired) electrons. The van der Waals surface area contributed by atoms with Crippen molar-refractivity contribution in [1.29, 1.82) is 0 Å². The molecular weight excluding hydrogens is 196 g/mol. The van der Waals surface area contributed by atoms with Gasteiger partial charge in [-0.15, -0.1) is 0 Å². The molecule has 1 aromatic heterocycles. The van der Waals surface area contributed by atoms with E-state index in [1.54, 1.807) is 21.4 Å². The molecule has 0 aliphatic heterocycles. The largest absolute Gasteiger partial charge is 0.329 e. The van der Waals surface area contributed by atoms with Gasteiger partial charge >= 0.3 is 5.69 Å². The van der Waals surface area contributed by atoms with E-state index >= 15 is 0 Å². The molecule has 0 spiro atoms. The quantitative estimate of drug-likeness (QED) is 0.704. The van der Waals surface area contributed by atoms with Crippen LogP contribution in [0.2, 0.25) is 0 Å². The smallest absolute Gasteiger partial charge is 0.298 e. The van der Waals surface area contributed by atoms with E-state index in [1.807, 2.05) is 27.7 Å². The number of nitrogens with zero attached hydrogens (tertiary/aromatic N) is 2. The Morgan fingerprint density at radius 1 is 1.21 bits per heavy atom. The average molecular weight is 212 g/mol. The maximum Gasteiger partial charge on any atom is 0.329 e. The molecule has 0 unspecified atom stereocenters. The highest BCUT2D eigenvalue weighted by Crippen LogP contribution is 2.04. The predicted octanol–water partition coefficient (Wildman–Crippen LogP) is 2.54. The Labute approximate surface area is 89.0 Å². The van der Waals surface area contributed by atoms with Crippen LogP contribution in [0.3, 0.4) is 0 Å². The number of rotatable bonds is 2. The molecule has 4 heteroatoms. The molecule has 0 saturated heterocycles. The standard InChI is InChI=1S/C10H16N2OS/c1-7(2)11-6-5-9(14)12(8(3)4)10(11)13/h5-8H,1-4H3. The summed E-state index contributed by atoms with van der Waals surface area (Å²) >= 11 is 5.11. The molecule has 1 aromatic rings. The van der Waals surface area contributed by atoms with Gasteiger partial charge < -0.3 is 0 Å². The topological polar surface area (TPSA) is 26.9 Å². The zero-order valence-corrected chi connectivity index (χ0v) is 9.84. The number of aromatic nitrogens is 2. The van der Waals surface area contributed by atoms with Crippen molar-refractivity contribution in [3.8, 4) is 0 Å². The summed E-state index contributed by atoms with van der Waals surface area (Å²) in [5.41, 5.74) is -0.0255. The lowest BCUT2D eigenvalue weighted by Crippen LogP contribution is -2.32. The van der Waals surface area contributed by atoms with Gasteiger partial charge in [0.15, 0.2) is 0 Å². The Morgan fingerprint density at radius 3 is 2.21 bits per heavy atom. The SMILES string of the molecule is CC(C)n1ccc(=S)n(C(C)C)c1=O. The van der Waals surface area contributed by atoms with Crippen LogP contribution in [0.4, 0.5) is 0 Å². The first-order chi connectivity index (χ1) is 6.45. The molecule has 0 fully saturated rings. The van der Waals surface area contributed by atoms with Gasteiger partial charge in [0.25, 0.3) is 0 Å². The molecule has 0 aliphatic carbocycles. The number of hydrogen-bond acceptors (Lipinski definition) is 2. The minimum atomic E-state index is -0.0255. The molecule has 3 nitrogen and oxygen atoms in total. The second kappa shape index (κ2) is 4.09. The van der Waals surface area contributed by atoms with E-state index in [4.69, 9.17) is 12.2 Å². The fraction of sp³-hybridized carbons (Fsp3) is 0.600. The fourth-order valence-electron chi connectivity index (χ4n) is 1.38. The average Bonchev–Trinajstić information content (AvgIpc) is 2.02. The van der Waals surface area contributed by atoms with Gasteiger partial charge in [-0.3, -0.25) is 9.13 Å². The maximum absolute atomic E-state index is 11.9. The summed E-state index contributed by atoms with van der Waals surface area (Å²) in [4.78, 5) is 11.9. The summed E-state index contributed by atoms with van der Waals surface area (Å²) in [5.74, 6) is 0. The minimum Gasteiger partial charge on any atom is -0.298 e. The van der Waals surface area contributed by atoms with Crippen LogP contribution < -0.4 is 5.69 Å². The first kappa shape index (κ1) is 11.2. The zero-order valence-electron chi connectivity index (χ0n) is 9.02. The van der Waals surface area contributed by atoms with Crippen LogP contribution in [0.25, 0.3) is 0 Å². The summed E-state index contributed by atoms with van der Waals surface area (Å²) in [5, 5.41) is 0. The van der Waals surface area contributed by atoms with Crippen LogP contribution in [0.1, 0.15) is 39.8 Å². The fourth-order valence-corrected chi connectivity index (χ4v) is 1.72. The molecule has 0 aliphatic rings. The van der Waals surface area contributed by atoms with Crippen molar-refractivity contribution in [2.24, 2.45) is 0 Å². The summed E-state index contributed by atoms with van der Waals surface area (Å²) in [6.07, 6.45) is 1.76. The van der Waals surface area contributed by atoms with Crippen molar-refractivity contribution in [1.82, 2.24) is 9.13 Å². The van der Waals surface area contributed by atoms with E-state index in [-0.39, 0.29) is 17.8 Å². The van der Waals surface area contributed by atoms with Crippen molar-refractivity contribution in [3.05, 3.63) is 27.4 Å². The minimum absolute atomic E-state index is 0.0255. The van der Waals surface area contributed by atoms with Crippen molar-refractivity contribution in [3.63, 3.8) is 0 Å². The zero-order chi connectivity index (χ0) is 10.9. The lowest BCUT2D eigenvalue weighted by molar-refractivity contribution is 0.479. The van der Waals surface area contributed by atoms with Crippen molar-refractivity contribution in [2.45, 2.75) is 39.8 Å². The monoisotopic (exact) mass is 212 g/mol. The molecule has 0 aromatic carbocycles. The lowest BCUT2D eigenvalue weighted by Gasteiger charge is -2.15. The predicted molar refractivity (Wildman–Crippen MR) is 60.3 cm³/mol. The number of hydrogen-bond donors (Lipinski definition) is 0. The Morgan fingerprint density at radius 2 is 1.79 bits per heavy atom. The summed E-state index contributed by atoms with van der Waals surface area (Å²) in [6, 6.07) is 2.08. The van der Waals surface area contributed by atoms with E-state index in [9.17, 15) is 4.79 Å². The van der Waals surface area contributed by atoms with Gasteiger partial charge in [0, 0.05) is 18.3 Å². The van der Waals surface area contributed by atoms with Gasteiger partial charge in [-0.2, -0.15) is 0 Å². The second-order valence-electron chi connectivity index (χ2n) is 3.90. The Kier molecular flexibility index (Phi) is 3.26. The lowest BCUT2D eigenvalue weighted by atomic mass is 10.3. The molecule has 78 valence electrons. The third-order valence-corrected chi connectivity index (χ3v) is 2.45. The van der Waals surface area contributed by atoms with Crippen LogP contribution in [0.15, 0.2) is 17.1 Å². The molecule has 1 heterocycles. The van der Waals surface area contributed by atoms with Crippen LogP contribution in [-0.2, 0) is 0 Å². The van der Waals surface area contributed by atoms with Crippen LogP contribution in [-0.4, -0.2) is 9.13 Å². The van der Waals surface area contributed by atoms with E-state index in [1.165, 1.54) is 0 Å². The van der Waals surface area contributed by atoms with Crippen LogP contribution >= 0.6 is 12.2 Å². The Hall–Kier alpha value is -0.900. The van der Waals surface area contributed by atoms with Crippen LogP contribution in [0.5, 0.6) is 0 Å². The summed E-state index contributed by atoms with van der Waals surface area (Å²) in [6.45, 7) is 7.88. The molecule has 0 N–H and O–H groups in total. The van der Waals surface area contributed by atoms with Crippen molar-refractivity contribution < 1.29 is 0 Å². The van der Waals surface area contributed by atoms with Gasteiger partial charge in [0.2, 0.25) is 0 Å². The molecular formula is C10H16N2OS. The molecule has 0 saturated carbocycles. The first-order valence-corrected chi connectivity index (χ1v) is 5.19. The van der Waals surface area contributed by atoms with Crippen molar-refractivity contribution in [2.75, 3.05) is 0 Å². The summed E-state index contributed by atoms with van der Waals surface area (Å²) < 4.78 is 3.92. The molecule has 1 rings (SSSR count). The first-order valence-electron chi connectivity index (χ1n) is 4.79. The van der Waals surface area contributed by atoms with Gasteiger partial charge in [0.05, 0.1) is 0 Å². The molecule has 14 heavy (non-hydrogen) atoms. The van der Waals surface area contributed by atoms with E-state index in [0.29, 0.717) is 4.64 Å². The maximum atomic E-state index is 11.9. The normalized spacial score (nSPS) is 11.3. The van der Waals surface area contributed by atoms with Gasteiger partial charge in [-0.05, 0) is 33.8 Å². The van der Waals surface area contributed by atoms with Gasteiger partial charge in [-0.25, -0.2) is 4.79 Å². The second-order valence-corrected chi connectivity index (χ2v) is 4.32. The highest BCUT2D eigenvalue weighted by Gasteiger charge is 2.07. The molecule has 0 bridgehead atoms. The Balaban J connectivity index is 3.50. The summed E-state index contributed by atoms with van der Waals surface area (Å²) in [7, 11) is 0. The van der Waals surface area contributed by atoms with E-state index in [2.05, 4.69) is 0 Å². The highest BCUT2D eigenvalue weighted by atomic mass is 32.1. The van der Waals surface area contributed by atoms with Crippen molar-refractivity contribution >= 4 is 12.2 Å². The highest BCUT2D eigenvalue weighted by molar-refractivity contribution is 7.71. The van der Waals surface area contributed by atoms with E-state index < -0.39 is 0 Å². The van der Waals surface area contributed by atoms with Gasteiger partial charge in [-0.1, -0.05) is 12.2 Å². The van der Waals surface area contributed by atoms with E-state index in [0.717, 1.165) is 0 Å². The third-order valence-electron chi connectivity index (χ3n) is 2.11. The molecule has 0 atom stereocenters. The van der Waals surface area contributed by atoms with Gasteiger partial charge in [0.1, 0.15) is 4.64 Å². The van der Waals surface area contributed by atoms with Crippen LogP contribution in [0, 0.1) is 4.64 Å². The molecule has 0 amide bonds. The third kappa shape index (κ3) is 1.95. The Bertz CT molecular complexity index is 428.